The number of sulfonamides is 1. The Morgan fingerprint density at radius 1 is 1.31 bits per heavy atom. The second-order valence-electron chi connectivity index (χ2n) is 7.04. The maximum absolute atomic E-state index is 13.1. The molecule has 0 spiro atoms. The van der Waals surface area contributed by atoms with Gasteiger partial charge in [-0.15, -0.1) is 0 Å². The van der Waals surface area contributed by atoms with Crippen LogP contribution in [0.5, 0.6) is 0 Å². The molecule has 0 unspecified atom stereocenters. The fraction of sp³-hybridized carbons (Fsp3) is 0.368. The highest BCUT2D eigenvalue weighted by atomic mass is 35.5. The molecule has 0 bridgehead atoms. The third kappa shape index (κ3) is 4.17. The minimum atomic E-state index is -3.61. The number of halogens is 1. The van der Waals surface area contributed by atoms with Crippen LogP contribution in [0.1, 0.15) is 24.3 Å². The van der Waals surface area contributed by atoms with Crippen LogP contribution in [0, 0.1) is 12.8 Å². The fourth-order valence-corrected chi connectivity index (χ4v) is 5.55. The summed E-state index contributed by atoms with van der Waals surface area (Å²) < 4.78 is 33.2. The number of aromatic nitrogens is 4. The van der Waals surface area contributed by atoms with Crippen LogP contribution < -0.4 is 0 Å². The monoisotopic (exact) mass is 433 g/mol. The average molecular weight is 434 g/mol. The highest BCUT2D eigenvalue weighted by Gasteiger charge is 2.32. The van der Waals surface area contributed by atoms with E-state index >= 15 is 0 Å². The summed E-state index contributed by atoms with van der Waals surface area (Å²) in [7, 11) is -3.61. The minimum absolute atomic E-state index is 0.0909. The molecule has 1 fully saturated rings. The van der Waals surface area contributed by atoms with Gasteiger partial charge in [-0.2, -0.15) is 9.29 Å². The number of nitrogens with zero attached hydrogens (tertiary/aromatic N) is 5. The number of rotatable bonds is 5. The molecule has 1 aromatic carbocycles. The number of piperidine rings is 1. The van der Waals surface area contributed by atoms with E-state index < -0.39 is 10.0 Å². The first-order valence-corrected chi connectivity index (χ1v) is 11.1. The molecule has 4 rings (SSSR count). The molecule has 0 amide bonds. The summed E-state index contributed by atoms with van der Waals surface area (Å²) in [6, 6.07) is 4.96. The fourth-order valence-electron chi connectivity index (χ4n) is 3.52. The molecule has 0 N–H and O–H groups in total. The van der Waals surface area contributed by atoms with E-state index in [0.29, 0.717) is 47.5 Å². The second kappa shape index (κ2) is 8.17. The van der Waals surface area contributed by atoms with Crippen molar-refractivity contribution in [1.29, 1.82) is 0 Å². The lowest BCUT2D eigenvalue weighted by Crippen LogP contribution is -2.40. The van der Waals surface area contributed by atoms with Gasteiger partial charge < -0.3 is 4.52 Å². The summed E-state index contributed by atoms with van der Waals surface area (Å²) in [5.74, 6) is 0.935. The molecule has 1 atom stereocenters. The molecule has 1 aliphatic rings. The number of benzene rings is 1. The Labute approximate surface area is 174 Å². The van der Waals surface area contributed by atoms with E-state index in [9.17, 15) is 8.42 Å². The smallest absolute Gasteiger partial charge is 0.243 e. The third-order valence-corrected chi connectivity index (χ3v) is 7.46. The van der Waals surface area contributed by atoms with E-state index in [-0.39, 0.29) is 10.8 Å². The Morgan fingerprint density at radius 3 is 2.97 bits per heavy atom. The quantitative estimate of drug-likeness (QED) is 0.608. The van der Waals surface area contributed by atoms with Crippen molar-refractivity contribution in [3.63, 3.8) is 0 Å². The maximum Gasteiger partial charge on any atom is 0.243 e. The molecule has 1 aliphatic heterocycles. The Balaban J connectivity index is 1.49. The topological polar surface area (TPSA) is 102 Å². The second-order valence-corrected chi connectivity index (χ2v) is 9.35. The maximum atomic E-state index is 13.1. The van der Waals surface area contributed by atoms with Gasteiger partial charge in [-0.1, -0.05) is 22.8 Å². The van der Waals surface area contributed by atoms with Crippen molar-refractivity contribution in [2.45, 2.75) is 31.1 Å². The van der Waals surface area contributed by atoms with Crippen LogP contribution in [0.25, 0.3) is 11.5 Å². The van der Waals surface area contributed by atoms with Gasteiger partial charge in [0.1, 0.15) is 5.69 Å². The zero-order valence-electron chi connectivity index (χ0n) is 15.8. The molecule has 29 heavy (non-hydrogen) atoms. The molecule has 152 valence electrons. The molecule has 10 heteroatoms. The first kappa shape index (κ1) is 19.9. The number of hydrogen-bond donors (Lipinski definition) is 0. The van der Waals surface area contributed by atoms with E-state index in [1.165, 1.54) is 4.31 Å². The van der Waals surface area contributed by atoms with Gasteiger partial charge in [0, 0.05) is 36.9 Å². The zero-order valence-corrected chi connectivity index (χ0v) is 17.4. The van der Waals surface area contributed by atoms with Gasteiger partial charge in [0.05, 0.1) is 11.1 Å². The van der Waals surface area contributed by atoms with Crippen molar-refractivity contribution in [1.82, 2.24) is 24.4 Å². The van der Waals surface area contributed by atoms with Crippen LogP contribution in [0.2, 0.25) is 5.02 Å². The van der Waals surface area contributed by atoms with Gasteiger partial charge in [0.15, 0.2) is 0 Å². The predicted molar refractivity (Wildman–Crippen MR) is 107 cm³/mol. The minimum Gasteiger partial charge on any atom is -0.339 e. The Hall–Kier alpha value is -2.36. The van der Waals surface area contributed by atoms with E-state index in [4.69, 9.17) is 16.1 Å². The van der Waals surface area contributed by atoms with Crippen molar-refractivity contribution in [3.8, 4) is 11.5 Å². The lowest BCUT2D eigenvalue weighted by Gasteiger charge is -2.31. The van der Waals surface area contributed by atoms with Gasteiger partial charge in [-0.05, 0) is 43.4 Å². The van der Waals surface area contributed by atoms with Crippen molar-refractivity contribution in [2.75, 3.05) is 13.1 Å². The lowest BCUT2D eigenvalue weighted by molar-refractivity contribution is 0.247. The Kier molecular flexibility index (Phi) is 5.62. The van der Waals surface area contributed by atoms with Gasteiger partial charge in [0.25, 0.3) is 0 Å². The van der Waals surface area contributed by atoms with Crippen molar-refractivity contribution in [3.05, 3.63) is 53.3 Å². The van der Waals surface area contributed by atoms with E-state index in [1.54, 1.807) is 43.7 Å². The molecule has 8 nitrogen and oxygen atoms in total. The number of hydrogen-bond acceptors (Lipinski definition) is 7. The van der Waals surface area contributed by atoms with Gasteiger partial charge >= 0.3 is 0 Å². The molecule has 2 aromatic heterocycles. The summed E-state index contributed by atoms with van der Waals surface area (Å²) in [5.41, 5.74) is 1.11. The molecule has 1 saturated heterocycles. The van der Waals surface area contributed by atoms with Crippen LogP contribution in [0.4, 0.5) is 0 Å². The van der Waals surface area contributed by atoms with Crippen LogP contribution in [-0.2, 0) is 16.4 Å². The van der Waals surface area contributed by atoms with E-state index in [2.05, 4.69) is 20.1 Å². The molecule has 0 aliphatic carbocycles. The van der Waals surface area contributed by atoms with Crippen molar-refractivity contribution in [2.24, 2.45) is 5.92 Å². The largest absolute Gasteiger partial charge is 0.339 e. The van der Waals surface area contributed by atoms with Crippen molar-refractivity contribution >= 4 is 21.6 Å². The SMILES string of the molecule is Cc1c(Cl)cccc1S(=O)(=O)N1CCC[C@H](Cc2nc(-c3cnccn3)no2)C1. The first-order valence-electron chi connectivity index (χ1n) is 9.29. The summed E-state index contributed by atoms with van der Waals surface area (Å²) in [6.45, 7) is 2.61. The summed E-state index contributed by atoms with van der Waals surface area (Å²) in [6.07, 6.45) is 6.87. The normalized spacial score (nSPS) is 18.1. The Morgan fingerprint density at radius 2 is 2.17 bits per heavy atom. The van der Waals surface area contributed by atoms with E-state index in [0.717, 1.165) is 12.8 Å². The van der Waals surface area contributed by atoms with Gasteiger partial charge in [-0.3, -0.25) is 4.98 Å². The molecule has 0 radical (unpaired) electrons. The van der Waals surface area contributed by atoms with Crippen LogP contribution in [0.3, 0.4) is 0 Å². The Bertz CT molecular complexity index is 1100. The molecule has 3 aromatic rings. The summed E-state index contributed by atoms with van der Waals surface area (Å²) >= 11 is 6.13. The highest BCUT2D eigenvalue weighted by molar-refractivity contribution is 7.89. The summed E-state index contributed by atoms with van der Waals surface area (Å²) in [5, 5.41) is 4.40. The molecular weight excluding hydrogens is 414 g/mol. The standard InChI is InChI=1S/C19H20ClN5O3S/c1-13-15(20)5-2-6-17(13)29(26,27)25-9-3-4-14(12-25)10-18-23-19(24-28-18)16-11-21-7-8-22-16/h2,5-8,11,14H,3-4,9-10,12H2,1H3/t14-/m1/s1. The van der Waals surface area contributed by atoms with Crippen LogP contribution in [-0.4, -0.2) is 45.9 Å². The van der Waals surface area contributed by atoms with Crippen LogP contribution in [0.15, 0.2) is 46.2 Å². The van der Waals surface area contributed by atoms with E-state index in [1.807, 2.05) is 0 Å². The van der Waals surface area contributed by atoms with Gasteiger partial charge in [-0.25, -0.2) is 13.4 Å². The highest BCUT2D eigenvalue weighted by Crippen LogP contribution is 2.29. The van der Waals surface area contributed by atoms with Crippen LogP contribution >= 0.6 is 11.6 Å². The van der Waals surface area contributed by atoms with Gasteiger partial charge in [0.2, 0.25) is 21.7 Å². The third-order valence-electron chi connectivity index (χ3n) is 5.04. The summed E-state index contributed by atoms with van der Waals surface area (Å²) in [4.78, 5) is 12.8. The molecular formula is C19H20ClN5O3S. The molecule has 3 heterocycles. The zero-order chi connectivity index (χ0) is 20.4. The lowest BCUT2D eigenvalue weighted by atomic mass is 9.96. The first-order chi connectivity index (χ1) is 13.9. The predicted octanol–water partition coefficient (Wildman–Crippen LogP) is 3.13. The molecule has 0 saturated carbocycles. The van der Waals surface area contributed by atoms with Crippen molar-refractivity contribution < 1.29 is 12.9 Å². The average Bonchev–Trinajstić information content (AvgIpc) is 3.19.